The van der Waals surface area contributed by atoms with Crippen molar-refractivity contribution in [2.24, 2.45) is 0 Å². The standard InChI is InChI=1S/C9H11BrN4O3/c10-5-3-6(7(11)14-4-5)8(15)12-1-2-13-9(16)17/h3-4,13H,1-2H2,(H2,11,14)(H,12,15)(H,16,17). The minimum atomic E-state index is -1.14. The van der Waals surface area contributed by atoms with Crippen LogP contribution in [0.1, 0.15) is 10.4 Å². The van der Waals surface area contributed by atoms with Crippen LogP contribution in [-0.4, -0.2) is 35.2 Å². The van der Waals surface area contributed by atoms with Crippen LogP contribution in [-0.2, 0) is 0 Å². The van der Waals surface area contributed by atoms with E-state index in [1.165, 1.54) is 6.20 Å². The first kappa shape index (κ1) is 13.2. The van der Waals surface area contributed by atoms with Gasteiger partial charge >= 0.3 is 6.09 Å². The molecule has 17 heavy (non-hydrogen) atoms. The summed E-state index contributed by atoms with van der Waals surface area (Å²) in [5.74, 6) is -0.277. The smallest absolute Gasteiger partial charge is 0.404 e. The molecule has 0 aliphatic carbocycles. The van der Waals surface area contributed by atoms with E-state index in [0.717, 1.165) is 0 Å². The number of nitrogens with two attached hydrogens (primary N) is 1. The number of nitrogen functional groups attached to an aromatic ring is 1. The Hall–Kier alpha value is -1.83. The lowest BCUT2D eigenvalue weighted by atomic mass is 10.2. The maximum Gasteiger partial charge on any atom is 0.404 e. The third-order valence-electron chi connectivity index (χ3n) is 1.82. The summed E-state index contributed by atoms with van der Waals surface area (Å²) in [4.78, 5) is 25.6. The molecule has 1 heterocycles. The minimum Gasteiger partial charge on any atom is -0.465 e. The zero-order valence-electron chi connectivity index (χ0n) is 8.74. The van der Waals surface area contributed by atoms with Gasteiger partial charge in [0.05, 0.1) is 5.56 Å². The molecule has 0 aliphatic rings. The number of hydrogen-bond acceptors (Lipinski definition) is 4. The molecular formula is C9H11BrN4O3. The van der Waals surface area contributed by atoms with Gasteiger partial charge in [0, 0.05) is 23.8 Å². The predicted octanol–water partition coefficient (Wildman–Crippen LogP) is 0.424. The average molecular weight is 303 g/mol. The van der Waals surface area contributed by atoms with Crippen molar-refractivity contribution >= 4 is 33.7 Å². The van der Waals surface area contributed by atoms with Gasteiger partial charge < -0.3 is 21.5 Å². The van der Waals surface area contributed by atoms with Crippen molar-refractivity contribution in [2.75, 3.05) is 18.8 Å². The third-order valence-corrected chi connectivity index (χ3v) is 2.25. The zero-order valence-corrected chi connectivity index (χ0v) is 10.3. The SMILES string of the molecule is Nc1ncc(Br)cc1C(=O)NCCNC(=O)O. The fourth-order valence-electron chi connectivity index (χ4n) is 1.07. The lowest BCUT2D eigenvalue weighted by molar-refractivity contribution is 0.0953. The Morgan fingerprint density at radius 2 is 2.06 bits per heavy atom. The first-order valence-corrected chi connectivity index (χ1v) is 5.46. The Bertz CT molecular complexity index is 438. The van der Waals surface area contributed by atoms with Crippen LogP contribution in [0, 0.1) is 0 Å². The Balaban J connectivity index is 2.52. The number of halogens is 1. The van der Waals surface area contributed by atoms with Gasteiger partial charge in [-0.05, 0) is 22.0 Å². The van der Waals surface area contributed by atoms with Gasteiger partial charge in [0.1, 0.15) is 5.82 Å². The summed E-state index contributed by atoms with van der Waals surface area (Å²) in [5, 5.41) is 13.0. The molecule has 0 spiro atoms. The molecule has 92 valence electrons. The minimum absolute atomic E-state index is 0.122. The summed E-state index contributed by atoms with van der Waals surface area (Å²) in [6, 6.07) is 1.54. The van der Waals surface area contributed by atoms with Crippen LogP contribution < -0.4 is 16.4 Å². The van der Waals surface area contributed by atoms with Crippen molar-refractivity contribution < 1.29 is 14.7 Å². The maximum atomic E-state index is 11.6. The molecule has 2 amide bonds. The van der Waals surface area contributed by atoms with Crippen LogP contribution in [0.2, 0.25) is 0 Å². The number of carbonyl (C=O) groups excluding carboxylic acids is 1. The molecule has 8 heteroatoms. The number of nitrogens with zero attached hydrogens (tertiary/aromatic N) is 1. The molecule has 0 aliphatic heterocycles. The first-order chi connectivity index (χ1) is 8.00. The maximum absolute atomic E-state index is 11.6. The number of anilines is 1. The summed E-state index contributed by atoms with van der Waals surface area (Å²) in [7, 11) is 0. The number of carboxylic acid groups (broad SMARTS) is 1. The monoisotopic (exact) mass is 302 g/mol. The molecule has 1 aromatic heterocycles. The molecule has 1 rings (SSSR count). The van der Waals surface area contributed by atoms with Crippen LogP contribution in [0.25, 0.3) is 0 Å². The van der Waals surface area contributed by atoms with Crippen LogP contribution in [0.3, 0.4) is 0 Å². The molecule has 0 radical (unpaired) electrons. The van der Waals surface area contributed by atoms with Gasteiger partial charge in [0.15, 0.2) is 0 Å². The number of aromatic nitrogens is 1. The fourth-order valence-corrected chi connectivity index (χ4v) is 1.40. The highest BCUT2D eigenvalue weighted by Gasteiger charge is 2.10. The van der Waals surface area contributed by atoms with Gasteiger partial charge in [-0.25, -0.2) is 9.78 Å². The van der Waals surface area contributed by atoms with Crippen LogP contribution in [0.5, 0.6) is 0 Å². The Labute approximate surface area is 106 Å². The third kappa shape index (κ3) is 4.27. The second-order valence-electron chi connectivity index (χ2n) is 3.07. The van der Waals surface area contributed by atoms with E-state index >= 15 is 0 Å². The lowest BCUT2D eigenvalue weighted by Gasteiger charge is -2.07. The van der Waals surface area contributed by atoms with E-state index in [1.807, 2.05) is 0 Å². The normalized spacial score (nSPS) is 9.71. The fraction of sp³-hybridized carbons (Fsp3) is 0.222. The van der Waals surface area contributed by atoms with Gasteiger partial charge in [-0.2, -0.15) is 0 Å². The molecular weight excluding hydrogens is 292 g/mol. The van der Waals surface area contributed by atoms with Crippen molar-refractivity contribution in [2.45, 2.75) is 0 Å². The quantitative estimate of drug-likeness (QED) is 0.601. The number of rotatable bonds is 4. The molecule has 0 saturated heterocycles. The predicted molar refractivity (Wildman–Crippen MR) is 64.7 cm³/mol. The number of hydrogen-bond donors (Lipinski definition) is 4. The topological polar surface area (TPSA) is 117 Å². The summed E-state index contributed by atoms with van der Waals surface area (Å²) in [6.07, 6.45) is 0.348. The molecule has 0 atom stereocenters. The second-order valence-corrected chi connectivity index (χ2v) is 3.99. The van der Waals surface area contributed by atoms with E-state index < -0.39 is 12.0 Å². The summed E-state index contributed by atoms with van der Waals surface area (Å²) in [5.41, 5.74) is 5.79. The van der Waals surface area contributed by atoms with Crippen molar-refractivity contribution in [1.82, 2.24) is 15.6 Å². The first-order valence-electron chi connectivity index (χ1n) is 4.66. The van der Waals surface area contributed by atoms with Crippen molar-refractivity contribution in [3.8, 4) is 0 Å². The van der Waals surface area contributed by atoms with Crippen molar-refractivity contribution in [1.29, 1.82) is 0 Å². The van der Waals surface area contributed by atoms with Gasteiger partial charge in [0.2, 0.25) is 0 Å². The molecule has 0 unspecified atom stereocenters. The van der Waals surface area contributed by atoms with Crippen molar-refractivity contribution in [3.63, 3.8) is 0 Å². The highest BCUT2D eigenvalue weighted by Crippen LogP contribution is 2.14. The number of carbonyl (C=O) groups is 2. The molecule has 7 nitrogen and oxygen atoms in total. The molecule has 5 N–H and O–H groups in total. The van der Waals surface area contributed by atoms with Gasteiger partial charge in [-0.3, -0.25) is 4.79 Å². The lowest BCUT2D eigenvalue weighted by Crippen LogP contribution is -2.34. The van der Waals surface area contributed by atoms with Gasteiger partial charge in [-0.1, -0.05) is 0 Å². The molecule has 0 saturated carbocycles. The second kappa shape index (κ2) is 6.04. The Kier molecular flexibility index (Phi) is 4.70. The summed E-state index contributed by atoms with van der Waals surface area (Å²) >= 11 is 3.18. The van der Waals surface area contributed by atoms with Crippen LogP contribution in [0.4, 0.5) is 10.6 Å². The van der Waals surface area contributed by atoms with E-state index in [-0.39, 0.29) is 24.5 Å². The van der Waals surface area contributed by atoms with E-state index in [9.17, 15) is 9.59 Å². The van der Waals surface area contributed by atoms with E-state index in [2.05, 4.69) is 31.5 Å². The van der Waals surface area contributed by atoms with Crippen LogP contribution >= 0.6 is 15.9 Å². The highest BCUT2D eigenvalue weighted by molar-refractivity contribution is 9.10. The molecule has 0 bridgehead atoms. The van der Waals surface area contributed by atoms with E-state index in [0.29, 0.717) is 4.47 Å². The van der Waals surface area contributed by atoms with Gasteiger partial charge in [0.25, 0.3) is 5.91 Å². The average Bonchev–Trinajstić information content (AvgIpc) is 2.27. The summed E-state index contributed by atoms with van der Waals surface area (Å²) < 4.78 is 0.639. The van der Waals surface area contributed by atoms with Crippen molar-refractivity contribution in [3.05, 3.63) is 22.3 Å². The Morgan fingerprint density at radius 3 is 2.71 bits per heavy atom. The number of pyridine rings is 1. The number of amides is 2. The number of nitrogens with one attached hydrogen (secondary N) is 2. The van der Waals surface area contributed by atoms with E-state index in [4.69, 9.17) is 10.8 Å². The van der Waals surface area contributed by atoms with Crippen LogP contribution in [0.15, 0.2) is 16.7 Å². The zero-order chi connectivity index (χ0) is 12.8. The Morgan fingerprint density at radius 1 is 1.41 bits per heavy atom. The largest absolute Gasteiger partial charge is 0.465 e. The van der Waals surface area contributed by atoms with Gasteiger partial charge in [-0.15, -0.1) is 0 Å². The summed E-state index contributed by atoms with van der Waals surface area (Å²) in [6.45, 7) is 0.305. The molecule has 0 aromatic carbocycles. The molecule has 0 fully saturated rings. The molecule has 1 aromatic rings. The van der Waals surface area contributed by atoms with E-state index in [1.54, 1.807) is 6.07 Å². The highest BCUT2D eigenvalue weighted by atomic mass is 79.9.